The van der Waals surface area contributed by atoms with Gasteiger partial charge in [-0.05, 0) is 56.4 Å². The number of rotatable bonds is 6. The van der Waals surface area contributed by atoms with Crippen LogP contribution in [0.5, 0.6) is 0 Å². The van der Waals surface area contributed by atoms with Crippen LogP contribution in [0, 0.1) is 0 Å². The lowest BCUT2D eigenvalue weighted by molar-refractivity contribution is 0.557. The van der Waals surface area contributed by atoms with Crippen LogP contribution in [0.15, 0.2) is 0 Å². The monoisotopic (exact) mass is 316 g/mol. The van der Waals surface area contributed by atoms with Crippen LogP contribution in [0.4, 0.5) is 0 Å². The summed E-state index contributed by atoms with van der Waals surface area (Å²) in [6.45, 7) is 0. The molecule has 0 bridgehead atoms. The van der Waals surface area contributed by atoms with E-state index in [9.17, 15) is 0 Å². The van der Waals surface area contributed by atoms with Crippen molar-refractivity contribution < 1.29 is 0 Å². The predicted octanol–water partition coefficient (Wildman–Crippen LogP) is 1.81. The van der Waals surface area contributed by atoms with Gasteiger partial charge in [-0.1, -0.05) is 23.6 Å². The van der Waals surface area contributed by atoms with Crippen molar-refractivity contribution in [3.05, 3.63) is 0 Å². The van der Waals surface area contributed by atoms with Gasteiger partial charge in [0.05, 0.1) is 18.6 Å². The Balaban J connectivity index is 5.39. The van der Waals surface area contributed by atoms with E-state index in [-0.39, 0.29) is 0 Å². The normalized spacial score (nSPS) is 14.4. The highest BCUT2D eigenvalue weighted by molar-refractivity contribution is 8.21. The lowest BCUT2D eigenvalue weighted by Gasteiger charge is -2.43. The topological polar surface area (TPSA) is 13.0 Å². The van der Waals surface area contributed by atoms with Crippen molar-refractivity contribution in [1.82, 2.24) is 18.7 Å². The Kier molecular flexibility index (Phi) is 6.97. The highest BCUT2D eigenvalue weighted by Gasteiger charge is 2.33. The van der Waals surface area contributed by atoms with E-state index < -0.39 is 12.7 Å². The van der Waals surface area contributed by atoms with Crippen LogP contribution in [-0.2, 0) is 23.6 Å². The minimum atomic E-state index is -1.73. The molecule has 4 nitrogen and oxygen atoms in total. The van der Waals surface area contributed by atoms with E-state index in [0.717, 1.165) is 5.90 Å². The first-order chi connectivity index (χ1) is 7.48. The molecule has 0 radical (unpaired) electrons. The molecule has 0 aliphatic heterocycles. The van der Waals surface area contributed by atoms with Gasteiger partial charge >= 0.3 is 0 Å². The fourth-order valence-corrected chi connectivity index (χ4v) is 12.4. The van der Waals surface area contributed by atoms with Crippen molar-refractivity contribution in [2.24, 2.45) is 0 Å². The fraction of sp³-hybridized carbons (Fsp3) is 1.00. The van der Waals surface area contributed by atoms with Crippen LogP contribution in [0.2, 0.25) is 0 Å². The molecule has 0 heterocycles. The quantitative estimate of drug-likeness (QED) is 0.688. The molecule has 0 aromatic rings. The second-order valence-electron chi connectivity index (χ2n) is 4.86. The zero-order valence-corrected chi connectivity index (χ0v) is 15.6. The van der Waals surface area contributed by atoms with Crippen molar-refractivity contribution >= 4 is 36.3 Å². The first-order valence-corrected chi connectivity index (χ1v) is 11.2. The fourth-order valence-electron chi connectivity index (χ4n) is 1.46. The summed E-state index contributed by atoms with van der Waals surface area (Å²) in [5, 5.41) is 0. The maximum Gasteiger partial charge on any atom is 0.0839 e. The van der Waals surface area contributed by atoms with Gasteiger partial charge in [0.1, 0.15) is 0 Å². The molecule has 0 N–H and O–H groups in total. The molecule has 0 aromatic carbocycles. The van der Waals surface area contributed by atoms with Crippen molar-refractivity contribution in [1.29, 1.82) is 0 Å². The smallest absolute Gasteiger partial charge is 0.0839 e. The third-order valence-electron chi connectivity index (χ3n) is 2.87. The average molecular weight is 316 g/mol. The summed E-state index contributed by atoms with van der Waals surface area (Å²) in [4.78, 5) is 0. The lowest BCUT2D eigenvalue weighted by Crippen LogP contribution is -2.29. The van der Waals surface area contributed by atoms with Gasteiger partial charge in [-0.2, -0.15) is 0 Å². The Labute approximate surface area is 117 Å². The summed E-state index contributed by atoms with van der Waals surface area (Å²) in [5.41, 5.74) is 0. The van der Waals surface area contributed by atoms with Crippen molar-refractivity contribution in [2.45, 2.75) is 0 Å². The summed E-state index contributed by atoms with van der Waals surface area (Å²) in [6, 6.07) is 0. The molecule has 0 aliphatic rings. The molecule has 0 unspecified atom stereocenters. The van der Waals surface area contributed by atoms with Crippen LogP contribution in [0.25, 0.3) is 0 Å². The van der Waals surface area contributed by atoms with Crippen molar-refractivity contribution in [2.75, 3.05) is 62.3 Å². The van der Waals surface area contributed by atoms with Crippen LogP contribution < -0.4 is 0 Å². The zero-order valence-electron chi connectivity index (χ0n) is 12.2. The average Bonchev–Trinajstić information content (AvgIpc) is 2.15. The third kappa shape index (κ3) is 4.05. The Hall–Kier alpha value is 1.14. The molecule has 0 spiro atoms. The van der Waals surface area contributed by atoms with Gasteiger partial charge in [-0.25, -0.2) is 0 Å². The minimum Gasteiger partial charge on any atom is -0.269 e. The summed E-state index contributed by atoms with van der Waals surface area (Å²) < 4.78 is 8.71. The maximum atomic E-state index is 5.91. The predicted molar refractivity (Wildman–Crippen MR) is 88.2 cm³/mol. The Morgan fingerprint density at radius 3 is 0.882 bits per heavy atom. The molecule has 0 rings (SSSR count). The molecule has 0 aromatic heterocycles. The van der Waals surface area contributed by atoms with Gasteiger partial charge in [0.2, 0.25) is 0 Å². The molecule has 0 fully saturated rings. The second-order valence-corrected chi connectivity index (χ2v) is 15.4. The van der Waals surface area contributed by atoms with Crippen LogP contribution in [0.1, 0.15) is 0 Å². The molecule has 8 heteroatoms. The Morgan fingerprint density at radius 2 is 0.765 bits per heavy atom. The molecular weight excluding hydrogens is 290 g/mol. The van der Waals surface area contributed by atoms with Crippen molar-refractivity contribution in [3.8, 4) is 0 Å². The molecule has 0 saturated carbocycles. The summed E-state index contributed by atoms with van der Waals surface area (Å²) in [5.74, 6) is 0.894. The summed E-state index contributed by atoms with van der Waals surface area (Å²) in [7, 11) is 16.5. The molecule has 0 atom stereocenters. The van der Waals surface area contributed by atoms with E-state index in [4.69, 9.17) is 23.6 Å². The molecule has 0 aliphatic carbocycles. The SMILES string of the molecule is CN(C)P(=S)(CP(=S)(N(C)C)N(C)C)N(C)C. The van der Waals surface area contributed by atoms with E-state index in [1.54, 1.807) is 0 Å². The van der Waals surface area contributed by atoms with E-state index >= 15 is 0 Å². The highest BCUT2D eigenvalue weighted by atomic mass is 32.5. The first-order valence-electron chi connectivity index (χ1n) is 5.38. The van der Waals surface area contributed by atoms with E-state index in [1.807, 2.05) is 0 Å². The largest absolute Gasteiger partial charge is 0.269 e. The zero-order chi connectivity index (χ0) is 14.0. The van der Waals surface area contributed by atoms with E-state index in [0.29, 0.717) is 0 Å². The van der Waals surface area contributed by atoms with Crippen LogP contribution >= 0.6 is 12.7 Å². The van der Waals surface area contributed by atoms with Gasteiger partial charge in [0.25, 0.3) is 0 Å². The molecule has 104 valence electrons. The van der Waals surface area contributed by atoms with Gasteiger partial charge in [-0.3, -0.25) is 18.7 Å². The standard InChI is InChI=1S/C9H26N4P2S2/c1-10(2)14(16,11(3)4)9-15(17,12(5)6)13(7)8/h9H2,1-8H3. The van der Waals surface area contributed by atoms with Gasteiger partial charge in [0, 0.05) is 0 Å². The number of hydrogen-bond donors (Lipinski definition) is 0. The van der Waals surface area contributed by atoms with Gasteiger partial charge < -0.3 is 0 Å². The molecular formula is C9H26N4P2S2. The Bertz CT molecular complexity index is 286. The summed E-state index contributed by atoms with van der Waals surface area (Å²) >= 11 is 11.8. The summed E-state index contributed by atoms with van der Waals surface area (Å²) in [6.07, 6.45) is -3.46. The number of nitrogens with zero attached hydrogens (tertiary/aromatic N) is 4. The maximum absolute atomic E-state index is 5.91. The highest BCUT2D eigenvalue weighted by Crippen LogP contribution is 2.65. The molecule has 17 heavy (non-hydrogen) atoms. The minimum absolute atomic E-state index is 0.894. The van der Waals surface area contributed by atoms with Gasteiger partial charge in [-0.15, -0.1) is 0 Å². The van der Waals surface area contributed by atoms with E-state index in [2.05, 4.69) is 75.1 Å². The van der Waals surface area contributed by atoms with Gasteiger partial charge in [0.15, 0.2) is 0 Å². The number of hydrogen-bond acceptors (Lipinski definition) is 2. The van der Waals surface area contributed by atoms with Crippen molar-refractivity contribution in [3.63, 3.8) is 0 Å². The molecule has 0 saturated heterocycles. The van der Waals surface area contributed by atoms with Crippen LogP contribution in [-0.4, -0.2) is 81.0 Å². The second kappa shape index (κ2) is 6.53. The third-order valence-corrected chi connectivity index (χ3v) is 16.8. The molecule has 0 amide bonds. The first kappa shape index (κ1) is 18.1. The van der Waals surface area contributed by atoms with E-state index in [1.165, 1.54) is 0 Å². The lowest BCUT2D eigenvalue weighted by atomic mass is 11.3. The van der Waals surface area contributed by atoms with Crippen LogP contribution in [0.3, 0.4) is 0 Å². The Morgan fingerprint density at radius 1 is 0.588 bits per heavy atom.